The van der Waals surface area contributed by atoms with Crippen LogP contribution in [0, 0.1) is 0 Å². The van der Waals surface area contributed by atoms with Crippen LogP contribution >= 0.6 is 45.3 Å². The Morgan fingerprint density at radius 1 is 0.208 bits per heavy atom. The van der Waals surface area contributed by atoms with Gasteiger partial charge in [-0.3, -0.25) is 4.90 Å². The van der Waals surface area contributed by atoms with Gasteiger partial charge in [0.1, 0.15) is 0 Å². The molecule has 0 atom stereocenters. The second-order valence-electron chi connectivity index (χ2n) is 27.3. The predicted molar refractivity (Wildman–Crippen MR) is 439 cm³/mol. The van der Waals surface area contributed by atoms with Crippen molar-refractivity contribution in [3.05, 3.63) is 381 Å². The van der Waals surface area contributed by atoms with Gasteiger partial charge in [0.25, 0.3) is 0 Å². The van der Waals surface area contributed by atoms with Crippen LogP contribution < -0.4 is 9.80 Å². The van der Waals surface area contributed by atoms with E-state index < -0.39 is 10.8 Å². The fourth-order valence-corrected chi connectivity index (χ4v) is 21.3. The number of hydrogen-bond acceptors (Lipinski definition) is 12. The van der Waals surface area contributed by atoms with Crippen molar-refractivity contribution in [3.63, 3.8) is 0 Å². The molecule has 0 radical (unpaired) electrons. The molecule has 2 aliphatic carbocycles. The molecule has 4 aliphatic rings. The summed E-state index contributed by atoms with van der Waals surface area (Å²) >= 11 is 7.41. The summed E-state index contributed by atoms with van der Waals surface area (Å²) in [5, 5.41) is 18.7. The highest BCUT2D eigenvalue weighted by atomic mass is 32.1. The minimum Gasteiger partial charge on any atom is -0.310 e. The van der Waals surface area contributed by atoms with Crippen molar-refractivity contribution < 1.29 is 0 Å². The second-order valence-corrected chi connectivity index (χ2v) is 31.0. The molecule has 2 spiro atoms. The minimum atomic E-state index is -0.503. The number of nitrogens with zero attached hydrogens (tertiary/aromatic N) is 8. The van der Waals surface area contributed by atoms with Gasteiger partial charge in [-0.1, -0.05) is 218 Å². The van der Waals surface area contributed by atoms with Crippen LogP contribution in [0.2, 0.25) is 0 Å². The number of fused-ring (bicyclic) bond motifs is 22. The molecule has 0 N–H and O–H groups in total. The highest BCUT2D eigenvalue weighted by Gasteiger charge is 2.55. The van der Waals surface area contributed by atoms with Gasteiger partial charge in [0.15, 0.2) is 29.1 Å². The number of hydrogen-bond donors (Lipinski definition) is 0. The summed E-state index contributed by atoms with van der Waals surface area (Å²) in [6.45, 7) is 0. The fourth-order valence-electron chi connectivity index (χ4n) is 17.1. The first kappa shape index (κ1) is 60.9. The van der Waals surface area contributed by atoms with E-state index in [-0.39, 0.29) is 0 Å². The van der Waals surface area contributed by atoms with E-state index in [9.17, 15) is 0 Å². The zero-order chi connectivity index (χ0) is 69.6. The Balaban J connectivity index is 0.000000133. The van der Waals surface area contributed by atoms with Crippen molar-refractivity contribution >= 4 is 123 Å². The first-order valence-electron chi connectivity index (χ1n) is 35.4. The third-order valence-corrected chi connectivity index (χ3v) is 25.7. The van der Waals surface area contributed by atoms with Crippen LogP contribution in [-0.2, 0) is 10.8 Å². The molecular formula is C94H56N8S4. The molecular weight excluding hydrogens is 1370 g/mol. The topological polar surface area (TPSA) is 83.8 Å². The van der Waals surface area contributed by atoms with Gasteiger partial charge in [-0.25, -0.2) is 19.9 Å². The molecule has 2 aliphatic heterocycles. The predicted octanol–water partition coefficient (Wildman–Crippen LogP) is 25.2. The Morgan fingerprint density at radius 2 is 0.443 bits per heavy atom. The van der Waals surface area contributed by atoms with Crippen LogP contribution in [0.4, 0.5) is 34.4 Å². The lowest BCUT2D eigenvalue weighted by molar-refractivity contribution is 0.755. The van der Waals surface area contributed by atoms with Crippen molar-refractivity contribution in [1.82, 2.24) is 29.9 Å². The molecule has 0 unspecified atom stereocenters. The van der Waals surface area contributed by atoms with Gasteiger partial charge in [-0.15, -0.1) is 45.3 Å². The molecule has 8 nitrogen and oxygen atoms in total. The van der Waals surface area contributed by atoms with Gasteiger partial charge in [-0.05, 0) is 206 Å². The van der Waals surface area contributed by atoms with Crippen LogP contribution in [0.25, 0.3) is 120 Å². The lowest BCUT2D eigenvalue weighted by Gasteiger charge is -2.45. The standard InChI is InChI=1S/C50H30N4S2.C44H26N4S2/c1-3-11-31(12-4-1)47-51-48(32-13-5-2-6-14-32)53-49(52-47)33-19-21-38(22-20-33)54-43-29-36-17-9-7-15-34(36)27-41(43)50(39-23-25-55-45(39)46-40(50)24-26-56-46)42-28-35-16-8-10-18-37(35)30-44(42)54;1-3-11-27(12-4-1)41-45-42(28-13-5-2-6-14-28)47-43(46-41)48-37-25-31-17-9-7-15-29(31)23-35(37)44(33-19-21-49-39(33)40-34(44)20-22-50-40)36-24-30-16-8-10-18-32(30)26-38(36)48/h1-30H;1-26H. The summed E-state index contributed by atoms with van der Waals surface area (Å²) in [6, 6.07) is 113. The van der Waals surface area contributed by atoms with Gasteiger partial charge < -0.3 is 4.90 Å². The number of rotatable bonds is 7. The molecule has 13 aromatic carbocycles. The van der Waals surface area contributed by atoms with Gasteiger partial charge in [0.05, 0.1) is 33.6 Å². The molecule has 0 saturated heterocycles. The molecule has 23 rings (SSSR count). The van der Waals surface area contributed by atoms with Crippen LogP contribution in [0.1, 0.15) is 44.5 Å². The Morgan fingerprint density at radius 3 is 0.726 bits per heavy atom. The summed E-state index contributed by atoms with van der Waals surface area (Å²) < 4.78 is 0. The van der Waals surface area contributed by atoms with E-state index in [4.69, 9.17) is 29.9 Å². The van der Waals surface area contributed by atoms with Crippen LogP contribution in [0.5, 0.6) is 0 Å². The lowest BCUT2D eigenvalue weighted by Crippen LogP contribution is -2.36. The van der Waals surface area contributed by atoms with E-state index in [1.807, 2.05) is 142 Å². The normalized spacial score (nSPS) is 13.6. The SMILES string of the molecule is c1ccc(-c2nc(-c3ccccc3)nc(-c3ccc(N4c5cc6ccccc6cc5C5(c6cc7ccccc7cc64)c4ccsc4-c4sccc45)cc3)n2)cc1.c1ccc(-c2nc(-c3ccccc3)nc(N3c4cc5ccccc5cc4C4(c5cc6ccccc6cc53)c3ccsc3-c3sccc34)n2)cc1. The van der Waals surface area contributed by atoms with Crippen molar-refractivity contribution in [2.45, 2.75) is 10.8 Å². The number of thiophene rings is 4. The maximum absolute atomic E-state index is 5.30. The third kappa shape index (κ3) is 9.15. The molecule has 0 fully saturated rings. The van der Waals surface area contributed by atoms with E-state index in [1.54, 1.807) is 0 Å². The zero-order valence-corrected chi connectivity index (χ0v) is 59.8. The maximum Gasteiger partial charge on any atom is 0.238 e. The smallest absolute Gasteiger partial charge is 0.238 e. The van der Waals surface area contributed by atoms with Crippen molar-refractivity contribution in [3.8, 4) is 76.4 Å². The van der Waals surface area contributed by atoms with Crippen LogP contribution in [-0.4, -0.2) is 29.9 Å². The zero-order valence-electron chi connectivity index (χ0n) is 56.5. The van der Waals surface area contributed by atoms with Gasteiger partial charge in [0.2, 0.25) is 5.95 Å². The van der Waals surface area contributed by atoms with Gasteiger partial charge >= 0.3 is 0 Å². The largest absolute Gasteiger partial charge is 0.310 e. The van der Waals surface area contributed by atoms with Crippen LogP contribution in [0.15, 0.2) is 337 Å². The molecule has 106 heavy (non-hydrogen) atoms. The summed E-state index contributed by atoms with van der Waals surface area (Å²) in [5.74, 6) is 3.81. The number of anilines is 6. The van der Waals surface area contributed by atoms with Gasteiger partial charge in [0, 0.05) is 53.0 Å². The van der Waals surface area contributed by atoms with Crippen molar-refractivity contribution in [2.24, 2.45) is 0 Å². The Hall–Kier alpha value is -12.7. The highest BCUT2D eigenvalue weighted by molar-refractivity contribution is 7.21. The Kier molecular flexibility index (Phi) is 13.7. The number of aromatic nitrogens is 6. The first-order chi connectivity index (χ1) is 52.5. The Labute approximate surface area is 626 Å². The highest BCUT2D eigenvalue weighted by Crippen LogP contribution is 2.68. The molecule has 0 amide bonds. The molecule has 0 bridgehead atoms. The third-order valence-electron chi connectivity index (χ3n) is 21.7. The van der Waals surface area contributed by atoms with Crippen molar-refractivity contribution in [2.75, 3.05) is 9.80 Å². The van der Waals surface area contributed by atoms with E-state index in [2.05, 4.69) is 250 Å². The Bertz CT molecular complexity index is 6370. The second kappa shape index (κ2) is 23.9. The molecule has 12 heteroatoms. The summed E-state index contributed by atoms with van der Waals surface area (Å²) in [7, 11) is 0. The van der Waals surface area contributed by atoms with E-state index >= 15 is 0 Å². The van der Waals surface area contributed by atoms with Crippen molar-refractivity contribution in [1.29, 1.82) is 0 Å². The molecule has 0 saturated carbocycles. The average Bonchev–Trinajstić information content (AvgIpc) is 1.48. The fraction of sp³-hybridized carbons (Fsp3) is 0.0213. The molecule has 19 aromatic rings. The maximum atomic E-state index is 5.30. The summed E-state index contributed by atoms with van der Waals surface area (Å²) in [4.78, 5) is 40.9. The van der Waals surface area contributed by atoms with E-state index in [1.165, 1.54) is 118 Å². The van der Waals surface area contributed by atoms with E-state index in [0.717, 1.165) is 44.9 Å². The minimum absolute atomic E-state index is 0.452. The number of benzene rings is 13. The molecule has 8 heterocycles. The molecule has 6 aromatic heterocycles. The van der Waals surface area contributed by atoms with E-state index in [0.29, 0.717) is 35.1 Å². The van der Waals surface area contributed by atoms with Crippen LogP contribution in [0.3, 0.4) is 0 Å². The monoisotopic (exact) mass is 1420 g/mol. The molecule has 496 valence electrons. The average molecular weight is 1430 g/mol. The summed E-state index contributed by atoms with van der Waals surface area (Å²) in [5.41, 5.74) is 19.9. The lowest BCUT2D eigenvalue weighted by atomic mass is 9.64. The first-order valence-corrected chi connectivity index (χ1v) is 38.9. The quantitative estimate of drug-likeness (QED) is 0.156. The van der Waals surface area contributed by atoms with Gasteiger partial charge in [-0.2, -0.15) is 9.97 Å². The summed E-state index contributed by atoms with van der Waals surface area (Å²) in [6.07, 6.45) is 0.